The largest absolute Gasteiger partial charge is 0.462 e. The van der Waals surface area contributed by atoms with Crippen LogP contribution in [0.5, 0.6) is 0 Å². The molecule has 0 bridgehead atoms. The van der Waals surface area contributed by atoms with E-state index in [4.69, 9.17) is 14.2 Å². The van der Waals surface area contributed by atoms with Gasteiger partial charge in [0, 0.05) is 19.3 Å². The summed E-state index contributed by atoms with van der Waals surface area (Å²) >= 11 is 0. The molecule has 0 heterocycles. The Morgan fingerprint density at radius 2 is 0.456 bits per heavy atom. The predicted octanol–water partition coefficient (Wildman–Crippen LogP) is 22.1. The number of unbranched alkanes of at least 4 members (excludes halogenated alkanes) is 19. The number of rotatable bonds is 56. The van der Waals surface area contributed by atoms with Gasteiger partial charge in [-0.25, -0.2) is 0 Å². The van der Waals surface area contributed by atoms with Crippen LogP contribution in [-0.4, -0.2) is 37.2 Å². The van der Waals surface area contributed by atoms with E-state index in [1.807, 2.05) is 0 Å². The van der Waals surface area contributed by atoms with Gasteiger partial charge in [0.1, 0.15) is 13.2 Å². The number of carbonyl (C=O) groups is 3. The maximum absolute atomic E-state index is 12.9. The van der Waals surface area contributed by atoms with Gasteiger partial charge in [-0.1, -0.05) is 262 Å². The topological polar surface area (TPSA) is 78.9 Å². The summed E-state index contributed by atoms with van der Waals surface area (Å²) < 4.78 is 16.9. The Bertz CT molecular complexity index is 1780. The first-order chi connectivity index (χ1) is 39.0. The molecule has 0 aliphatic rings. The van der Waals surface area contributed by atoms with Gasteiger partial charge < -0.3 is 14.2 Å². The van der Waals surface area contributed by atoms with Gasteiger partial charge in [-0.2, -0.15) is 0 Å². The van der Waals surface area contributed by atoms with Crippen LogP contribution < -0.4 is 0 Å². The molecule has 0 aromatic carbocycles. The van der Waals surface area contributed by atoms with Gasteiger partial charge in [0.25, 0.3) is 0 Å². The highest BCUT2D eigenvalue weighted by Gasteiger charge is 2.19. The van der Waals surface area contributed by atoms with Crippen LogP contribution >= 0.6 is 0 Å². The van der Waals surface area contributed by atoms with E-state index in [9.17, 15) is 14.4 Å². The molecule has 0 aromatic rings. The first-order valence-electron chi connectivity index (χ1n) is 32.0. The summed E-state index contributed by atoms with van der Waals surface area (Å²) in [6.07, 6.45) is 95.3. The molecule has 0 radical (unpaired) electrons. The third kappa shape index (κ3) is 63.7. The van der Waals surface area contributed by atoms with Crippen molar-refractivity contribution in [3.05, 3.63) is 158 Å². The van der Waals surface area contributed by atoms with Crippen molar-refractivity contribution in [2.75, 3.05) is 13.2 Å². The minimum absolute atomic E-state index is 0.102. The molecule has 0 rings (SSSR count). The average Bonchev–Trinajstić information content (AvgIpc) is 3.45. The summed E-state index contributed by atoms with van der Waals surface area (Å²) in [5.41, 5.74) is 0. The number of esters is 3. The molecule has 0 N–H and O–H groups in total. The lowest BCUT2D eigenvalue weighted by molar-refractivity contribution is -0.167. The van der Waals surface area contributed by atoms with Crippen LogP contribution in [0, 0.1) is 0 Å². The molecule has 1 unspecified atom stereocenters. The van der Waals surface area contributed by atoms with Gasteiger partial charge >= 0.3 is 17.9 Å². The number of hydrogen-bond donors (Lipinski definition) is 0. The van der Waals surface area contributed by atoms with E-state index in [0.29, 0.717) is 12.8 Å². The van der Waals surface area contributed by atoms with Gasteiger partial charge in [0.2, 0.25) is 0 Å². The quantitative estimate of drug-likeness (QED) is 0.0261. The maximum Gasteiger partial charge on any atom is 0.306 e. The Kier molecular flexibility index (Phi) is 61.4. The van der Waals surface area contributed by atoms with Gasteiger partial charge in [-0.15, -0.1) is 0 Å². The van der Waals surface area contributed by atoms with E-state index in [-0.39, 0.29) is 37.5 Å². The monoisotopic (exact) mass is 1090 g/mol. The van der Waals surface area contributed by atoms with Crippen LogP contribution in [0.1, 0.15) is 265 Å². The SMILES string of the molecule is CC/C=C\C/C=C\C/C=C\C/C=C\C/C=C\C/C=C\CCCCCCCCCCC(=O)OCC(COC(=O)CCCCCCCCC/C=C\C/C=C\C/C=C\CC)OC(=O)CCCCCC/C=C\C/C=C\C/C=C\C/C=C\CC. The molecule has 0 aromatic heterocycles. The minimum Gasteiger partial charge on any atom is -0.462 e. The van der Waals surface area contributed by atoms with Crippen LogP contribution in [-0.2, 0) is 28.6 Å². The smallest absolute Gasteiger partial charge is 0.306 e. The van der Waals surface area contributed by atoms with Crippen LogP contribution in [0.2, 0.25) is 0 Å². The fourth-order valence-corrected chi connectivity index (χ4v) is 8.33. The van der Waals surface area contributed by atoms with Crippen LogP contribution in [0.3, 0.4) is 0 Å². The highest BCUT2D eigenvalue weighted by molar-refractivity contribution is 5.71. The number of ether oxygens (including phenoxy) is 3. The van der Waals surface area contributed by atoms with Crippen molar-refractivity contribution in [3.63, 3.8) is 0 Å². The van der Waals surface area contributed by atoms with E-state index in [1.54, 1.807) is 0 Å². The first-order valence-corrected chi connectivity index (χ1v) is 32.0. The van der Waals surface area contributed by atoms with Crippen molar-refractivity contribution in [3.8, 4) is 0 Å². The predicted molar refractivity (Wildman–Crippen MR) is 343 cm³/mol. The van der Waals surface area contributed by atoms with E-state index in [2.05, 4.69) is 179 Å². The molecular weight excluding hydrogens is 973 g/mol. The van der Waals surface area contributed by atoms with E-state index >= 15 is 0 Å². The zero-order chi connectivity index (χ0) is 57.1. The van der Waals surface area contributed by atoms with Crippen molar-refractivity contribution in [1.29, 1.82) is 0 Å². The second-order valence-corrected chi connectivity index (χ2v) is 20.5. The molecule has 0 saturated carbocycles. The Morgan fingerprint density at radius 1 is 0.253 bits per heavy atom. The van der Waals surface area contributed by atoms with Crippen molar-refractivity contribution in [2.24, 2.45) is 0 Å². The minimum atomic E-state index is -0.808. The second-order valence-electron chi connectivity index (χ2n) is 20.5. The van der Waals surface area contributed by atoms with E-state index in [1.165, 1.54) is 57.8 Å². The zero-order valence-electron chi connectivity index (χ0n) is 50.8. The van der Waals surface area contributed by atoms with Crippen molar-refractivity contribution < 1.29 is 28.6 Å². The lowest BCUT2D eigenvalue weighted by Gasteiger charge is -2.18. The summed E-state index contributed by atoms with van der Waals surface area (Å²) in [7, 11) is 0. The number of allylic oxidation sites excluding steroid dienone is 26. The molecule has 0 amide bonds. The van der Waals surface area contributed by atoms with Crippen LogP contribution in [0.4, 0.5) is 0 Å². The van der Waals surface area contributed by atoms with E-state index in [0.717, 1.165) is 167 Å². The molecule has 0 aliphatic heterocycles. The lowest BCUT2D eigenvalue weighted by atomic mass is 10.1. The summed E-state index contributed by atoms with van der Waals surface area (Å²) in [4.78, 5) is 38.4. The molecular formula is C73H116O6. The third-order valence-corrected chi connectivity index (χ3v) is 13.0. The Balaban J connectivity index is 4.43. The Morgan fingerprint density at radius 3 is 0.709 bits per heavy atom. The molecule has 0 saturated heterocycles. The van der Waals surface area contributed by atoms with Crippen molar-refractivity contribution >= 4 is 17.9 Å². The standard InChI is InChI=1S/C73H116O6/c1-4-7-10-13-16-19-22-25-28-31-32-33-34-35-36-37-38-39-40-43-45-48-51-54-57-60-63-66-72(75)78-69-70(79-73(76)67-64-61-58-55-52-49-46-42-30-27-24-21-18-15-12-9-6-3)68-77-71(74)65-62-59-56-53-50-47-44-41-29-26-23-20-17-14-11-8-5-2/h7-12,16-21,25-30,32-33,35-36,38-39,46,49,70H,4-6,13-15,22-24,31,34,37,40-45,47-48,50-69H2,1-3H3/b10-7-,11-8-,12-9-,19-16-,20-17-,21-18-,28-25-,29-26-,30-27-,33-32-,36-35-,39-38-,49-46-. The Hall–Kier alpha value is -4.97. The van der Waals surface area contributed by atoms with Gasteiger partial charge in [0.15, 0.2) is 6.10 Å². The van der Waals surface area contributed by atoms with Gasteiger partial charge in [0.05, 0.1) is 0 Å². The van der Waals surface area contributed by atoms with Gasteiger partial charge in [-0.05, 0) is 141 Å². The fraction of sp³-hybridized carbons (Fsp3) is 0.603. The zero-order valence-corrected chi connectivity index (χ0v) is 50.8. The molecule has 6 nitrogen and oxygen atoms in total. The summed E-state index contributed by atoms with van der Waals surface area (Å²) in [6, 6.07) is 0. The molecule has 0 spiro atoms. The average molecular weight is 1090 g/mol. The second kappa shape index (κ2) is 65.5. The van der Waals surface area contributed by atoms with Crippen molar-refractivity contribution in [2.45, 2.75) is 271 Å². The third-order valence-electron chi connectivity index (χ3n) is 13.0. The molecule has 6 heteroatoms. The maximum atomic E-state index is 12.9. The molecule has 79 heavy (non-hydrogen) atoms. The normalized spacial score (nSPS) is 13.2. The first kappa shape index (κ1) is 74.0. The summed E-state index contributed by atoms with van der Waals surface area (Å²) in [6.45, 7) is 6.27. The lowest BCUT2D eigenvalue weighted by Crippen LogP contribution is -2.30. The highest BCUT2D eigenvalue weighted by Crippen LogP contribution is 2.15. The van der Waals surface area contributed by atoms with Gasteiger partial charge in [-0.3, -0.25) is 14.4 Å². The fourth-order valence-electron chi connectivity index (χ4n) is 8.33. The summed E-state index contributed by atoms with van der Waals surface area (Å²) in [5, 5.41) is 0. The number of hydrogen-bond acceptors (Lipinski definition) is 6. The Labute approximate surface area is 486 Å². The summed E-state index contributed by atoms with van der Waals surface area (Å²) in [5.74, 6) is -0.945. The molecule has 444 valence electrons. The molecule has 1 atom stereocenters. The molecule has 0 fully saturated rings. The van der Waals surface area contributed by atoms with Crippen LogP contribution in [0.15, 0.2) is 158 Å². The number of carbonyl (C=O) groups excluding carboxylic acids is 3. The molecule has 0 aliphatic carbocycles. The van der Waals surface area contributed by atoms with E-state index < -0.39 is 6.10 Å². The van der Waals surface area contributed by atoms with Crippen LogP contribution in [0.25, 0.3) is 0 Å². The highest BCUT2D eigenvalue weighted by atomic mass is 16.6. The van der Waals surface area contributed by atoms with Crippen molar-refractivity contribution in [1.82, 2.24) is 0 Å².